The normalized spacial score (nSPS) is 10.7. The molecule has 3 aromatic rings. The van der Waals surface area contributed by atoms with Gasteiger partial charge in [0.25, 0.3) is 0 Å². The van der Waals surface area contributed by atoms with Crippen molar-refractivity contribution in [2.75, 3.05) is 7.11 Å². The molecule has 0 aliphatic carbocycles. The Morgan fingerprint density at radius 1 is 1.22 bits per heavy atom. The van der Waals surface area contributed by atoms with Crippen LogP contribution in [0.1, 0.15) is 10.4 Å². The van der Waals surface area contributed by atoms with Gasteiger partial charge in [-0.2, -0.15) is 0 Å². The van der Waals surface area contributed by atoms with Gasteiger partial charge in [0, 0.05) is 20.7 Å². The number of methoxy groups -OCH3 is 1. The maximum Gasteiger partial charge on any atom is 0.346 e. The van der Waals surface area contributed by atoms with Crippen LogP contribution in [-0.2, 0) is 4.74 Å². The maximum atomic E-state index is 12.5. The Morgan fingerprint density at radius 2 is 1.96 bits per heavy atom. The summed E-state index contributed by atoms with van der Waals surface area (Å²) in [5.74, 6) is -0.853. The van der Waals surface area contributed by atoms with Crippen molar-refractivity contribution in [1.82, 2.24) is 0 Å². The third-order valence-corrected chi connectivity index (χ3v) is 4.75. The quantitative estimate of drug-likeness (QED) is 0.710. The second-order valence-corrected chi connectivity index (χ2v) is 6.23. The highest BCUT2D eigenvalue weighted by molar-refractivity contribution is 7.20. The first-order chi connectivity index (χ1) is 11.0. The summed E-state index contributed by atoms with van der Waals surface area (Å²) in [5.41, 5.74) is 0.639. The number of hydrogen-bond donors (Lipinski definition) is 1. The van der Waals surface area contributed by atoms with Gasteiger partial charge in [-0.3, -0.25) is 4.79 Å². The largest absolute Gasteiger partial charge is 0.499 e. The lowest BCUT2D eigenvalue weighted by Gasteiger charge is -2.07. The zero-order chi connectivity index (χ0) is 16.6. The summed E-state index contributed by atoms with van der Waals surface area (Å²) in [6, 6.07) is 12.5. The highest BCUT2D eigenvalue weighted by Crippen LogP contribution is 2.33. The first-order valence-corrected chi connectivity index (χ1v) is 7.85. The average molecular weight is 347 g/mol. The van der Waals surface area contributed by atoms with Crippen LogP contribution in [0.15, 0.2) is 47.3 Å². The van der Waals surface area contributed by atoms with Crippen LogP contribution < -0.4 is 5.43 Å². The van der Waals surface area contributed by atoms with Gasteiger partial charge in [-0.15, -0.1) is 0 Å². The Hall–Kier alpha value is -2.37. The molecule has 2 aromatic carbocycles. The number of rotatable bonds is 2. The fourth-order valence-corrected chi connectivity index (χ4v) is 3.46. The van der Waals surface area contributed by atoms with Gasteiger partial charge in [0.2, 0.25) is 5.43 Å². The smallest absolute Gasteiger partial charge is 0.346 e. The van der Waals surface area contributed by atoms with Crippen LogP contribution in [0.4, 0.5) is 0 Å². The Kier molecular flexibility index (Phi) is 4.07. The minimum Gasteiger partial charge on any atom is -0.499 e. The van der Waals surface area contributed by atoms with Crippen molar-refractivity contribution < 1.29 is 14.6 Å². The monoisotopic (exact) mass is 346 g/mol. The standard InChI is InChI=1S/C17H11ClO4S/c1-22-16(20)14-15(19)11-8-9(6-7-13(11)23-17(14)21)10-4-2-3-5-12(10)18/h2-8,21H,1H3. The number of hydrogen-bond acceptors (Lipinski definition) is 5. The Balaban J connectivity index is 2.30. The SMILES string of the molecule is COC(=O)c1c(O)sc2ccc(-c3ccccc3Cl)cc2c1=O. The summed E-state index contributed by atoms with van der Waals surface area (Å²) < 4.78 is 5.15. The molecule has 0 amide bonds. The van der Waals surface area contributed by atoms with Crippen LogP contribution in [0.25, 0.3) is 21.2 Å². The van der Waals surface area contributed by atoms with Gasteiger partial charge in [-0.1, -0.05) is 47.2 Å². The molecule has 0 saturated heterocycles. The summed E-state index contributed by atoms with van der Waals surface area (Å²) >= 11 is 7.15. The molecule has 1 heterocycles. The molecule has 116 valence electrons. The van der Waals surface area contributed by atoms with E-state index in [1.54, 1.807) is 18.2 Å². The first-order valence-electron chi connectivity index (χ1n) is 6.66. The lowest BCUT2D eigenvalue weighted by atomic mass is 10.0. The predicted molar refractivity (Wildman–Crippen MR) is 91.5 cm³/mol. The molecule has 6 heteroatoms. The molecule has 0 fully saturated rings. The van der Waals surface area contributed by atoms with E-state index in [0.717, 1.165) is 29.6 Å². The van der Waals surface area contributed by atoms with E-state index in [9.17, 15) is 14.7 Å². The molecular formula is C17H11ClO4S. The zero-order valence-corrected chi connectivity index (χ0v) is 13.6. The van der Waals surface area contributed by atoms with Gasteiger partial charge in [0.15, 0.2) is 10.6 Å². The highest BCUT2D eigenvalue weighted by Gasteiger charge is 2.20. The third kappa shape index (κ3) is 2.69. The number of carbonyl (C=O) groups is 1. The van der Waals surface area contributed by atoms with E-state index in [0.29, 0.717) is 15.1 Å². The predicted octanol–water partition coefficient (Wildman–Crippen LogP) is 4.07. The van der Waals surface area contributed by atoms with Gasteiger partial charge >= 0.3 is 5.97 Å². The summed E-state index contributed by atoms with van der Waals surface area (Å²) in [6.07, 6.45) is 0. The van der Waals surface area contributed by atoms with Crippen LogP contribution in [0.5, 0.6) is 5.06 Å². The molecule has 23 heavy (non-hydrogen) atoms. The average Bonchev–Trinajstić information content (AvgIpc) is 2.55. The molecule has 0 aliphatic rings. The van der Waals surface area contributed by atoms with Crippen LogP contribution in [0.2, 0.25) is 5.02 Å². The van der Waals surface area contributed by atoms with E-state index in [1.807, 2.05) is 24.3 Å². The van der Waals surface area contributed by atoms with E-state index >= 15 is 0 Å². The summed E-state index contributed by atoms with van der Waals surface area (Å²) in [4.78, 5) is 24.2. The third-order valence-electron chi connectivity index (χ3n) is 3.45. The Labute approximate surface area is 140 Å². The van der Waals surface area contributed by atoms with Gasteiger partial charge in [0.05, 0.1) is 7.11 Å². The second-order valence-electron chi connectivity index (χ2n) is 4.79. The summed E-state index contributed by atoms with van der Waals surface area (Å²) in [6.45, 7) is 0. The number of esters is 1. The van der Waals surface area contributed by atoms with Crippen molar-refractivity contribution in [1.29, 1.82) is 0 Å². The van der Waals surface area contributed by atoms with Crippen molar-refractivity contribution in [3.05, 3.63) is 63.3 Å². The van der Waals surface area contributed by atoms with E-state index < -0.39 is 11.4 Å². The molecule has 0 aliphatic heterocycles. The number of ether oxygens (including phenoxy) is 1. The summed E-state index contributed by atoms with van der Waals surface area (Å²) in [5, 5.41) is 10.5. The molecule has 0 radical (unpaired) electrons. The van der Waals surface area contributed by atoms with Gasteiger partial charge in [0.1, 0.15) is 0 Å². The molecule has 0 saturated carbocycles. The van der Waals surface area contributed by atoms with E-state index in [2.05, 4.69) is 4.74 Å². The minimum atomic E-state index is -0.853. The van der Waals surface area contributed by atoms with Crippen molar-refractivity contribution in [2.24, 2.45) is 0 Å². The second kappa shape index (κ2) is 6.02. The van der Waals surface area contributed by atoms with Crippen molar-refractivity contribution in [2.45, 2.75) is 0 Å². The molecule has 4 nitrogen and oxygen atoms in total. The minimum absolute atomic E-state index is 0.339. The molecule has 3 rings (SSSR count). The van der Waals surface area contributed by atoms with Crippen LogP contribution in [-0.4, -0.2) is 18.2 Å². The molecule has 1 N–H and O–H groups in total. The molecule has 0 spiro atoms. The lowest BCUT2D eigenvalue weighted by molar-refractivity contribution is 0.0597. The van der Waals surface area contributed by atoms with Gasteiger partial charge < -0.3 is 9.84 Å². The van der Waals surface area contributed by atoms with Gasteiger partial charge in [-0.25, -0.2) is 4.79 Å². The lowest BCUT2D eigenvalue weighted by Crippen LogP contribution is -2.15. The highest BCUT2D eigenvalue weighted by atomic mass is 35.5. The van der Waals surface area contributed by atoms with E-state index in [-0.39, 0.29) is 10.6 Å². The number of aromatic hydroxyl groups is 1. The number of halogens is 1. The number of carbonyl (C=O) groups excluding carboxylic acids is 1. The van der Waals surface area contributed by atoms with Crippen LogP contribution in [0, 0.1) is 0 Å². The van der Waals surface area contributed by atoms with E-state index in [4.69, 9.17) is 11.6 Å². The Bertz CT molecular complexity index is 978. The van der Waals surface area contributed by atoms with Crippen molar-refractivity contribution in [3.63, 3.8) is 0 Å². The number of benzene rings is 2. The summed E-state index contributed by atoms with van der Waals surface area (Å²) in [7, 11) is 1.16. The van der Waals surface area contributed by atoms with Crippen LogP contribution >= 0.6 is 22.9 Å². The zero-order valence-electron chi connectivity index (χ0n) is 12.0. The molecular weight excluding hydrogens is 336 g/mol. The topological polar surface area (TPSA) is 63.6 Å². The van der Waals surface area contributed by atoms with E-state index in [1.165, 1.54) is 0 Å². The molecule has 0 bridgehead atoms. The Morgan fingerprint density at radius 3 is 2.65 bits per heavy atom. The van der Waals surface area contributed by atoms with Crippen molar-refractivity contribution >= 4 is 39.0 Å². The fraction of sp³-hybridized carbons (Fsp3) is 0.0588. The first kappa shape index (κ1) is 15.5. The van der Waals surface area contributed by atoms with Crippen molar-refractivity contribution in [3.8, 4) is 16.2 Å². The fourth-order valence-electron chi connectivity index (χ4n) is 2.33. The van der Waals surface area contributed by atoms with Gasteiger partial charge in [-0.05, 0) is 23.8 Å². The molecule has 0 atom stereocenters. The maximum absolute atomic E-state index is 12.5. The number of fused-ring (bicyclic) bond motifs is 1. The van der Waals surface area contributed by atoms with Crippen LogP contribution in [0.3, 0.4) is 0 Å². The molecule has 0 unspecified atom stereocenters. The molecule has 1 aromatic heterocycles.